The second kappa shape index (κ2) is 62.6. The zero-order valence-corrected chi connectivity index (χ0v) is 49.0. The monoisotopic (exact) mass is 1040 g/mol. The minimum Gasteiger partial charge on any atom is -0.462 e. The van der Waals surface area contributed by atoms with Crippen LogP contribution in [0.25, 0.3) is 0 Å². The highest BCUT2D eigenvalue weighted by Crippen LogP contribution is 2.15. The minimum absolute atomic E-state index is 0.0942. The average Bonchev–Trinajstić information content (AvgIpc) is 3.41. The predicted molar refractivity (Wildman–Crippen MR) is 325 cm³/mol. The van der Waals surface area contributed by atoms with E-state index in [-0.39, 0.29) is 31.1 Å². The molecule has 0 N–H and O–H groups in total. The van der Waals surface area contributed by atoms with Gasteiger partial charge in [-0.05, 0) is 128 Å². The van der Waals surface area contributed by atoms with Crippen LogP contribution in [0.3, 0.4) is 0 Å². The molecule has 0 radical (unpaired) electrons. The third-order valence-electron chi connectivity index (χ3n) is 13.2. The zero-order valence-electron chi connectivity index (χ0n) is 49.0. The molecule has 0 bridgehead atoms. The van der Waals surface area contributed by atoms with E-state index in [0.717, 1.165) is 128 Å². The molecule has 0 aromatic carbocycles. The van der Waals surface area contributed by atoms with E-state index >= 15 is 0 Å². The van der Waals surface area contributed by atoms with Crippen LogP contribution >= 0.6 is 0 Å². The second-order valence-corrected chi connectivity index (χ2v) is 20.6. The SMILES string of the molecule is CC/C=C\C/C=C\C/C=C\CCCCCCCCCC(=O)OCC(COC(=O)CCCCCCCC/C=C\C/C=C\C/C=C\CCCCCCC)OC(=O)CCCCCCCC/C=C\C/C=C\C/C=C\CCCCC. The van der Waals surface area contributed by atoms with Crippen molar-refractivity contribution in [1.29, 1.82) is 0 Å². The largest absolute Gasteiger partial charge is 0.462 e. The Bertz CT molecular complexity index is 1520. The summed E-state index contributed by atoms with van der Waals surface area (Å²) in [4.78, 5) is 38.3. The van der Waals surface area contributed by atoms with Crippen molar-refractivity contribution >= 4 is 17.9 Å². The van der Waals surface area contributed by atoms with Gasteiger partial charge in [0.25, 0.3) is 0 Å². The molecule has 1 unspecified atom stereocenters. The average molecular weight is 1040 g/mol. The Kier molecular flexibility index (Phi) is 59.3. The van der Waals surface area contributed by atoms with E-state index in [4.69, 9.17) is 14.2 Å². The van der Waals surface area contributed by atoms with Gasteiger partial charge in [0.2, 0.25) is 0 Å². The van der Waals surface area contributed by atoms with E-state index in [1.165, 1.54) is 122 Å². The summed E-state index contributed by atoms with van der Waals surface area (Å²) in [5.74, 6) is -0.923. The van der Waals surface area contributed by atoms with Gasteiger partial charge in [-0.3, -0.25) is 14.4 Å². The van der Waals surface area contributed by atoms with Crippen LogP contribution in [0.2, 0.25) is 0 Å². The van der Waals surface area contributed by atoms with Gasteiger partial charge in [0.1, 0.15) is 13.2 Å². The molecule has 6 heteroatoms. The van der Waals surface area contributed by atoms with E-state index in [9.17, 15) is 14.4 Å². The summed E-state index contributed by atoms with van der Waals surface area (Å²) in [5.41, 5.74) is 0. The summed E-state index contributed by atoms with van der Waals surface area (Å²) in [6, 6.07) is 0. The smallest absolute Gasteiger partial charge is 0.306 e. The summed E-state index contributed by atoms with van der Waals surface area (Å²) in [5, 5.41) is 0. The lowest BCUT2D eigenvalue weighted by Gasteiger charge is -2.18. The number of hydrogen-bond donors (Lipinski definition) is 0. The summed E-state index contributed by atoms with van der Waals surface area (Å²) in [6.07, 6.45) is 85.0. The summed E-state index contributed by atoms with van der Waals surface area (Å²) in [7, 11) is 0. The highest BCUT2D eigenvalue weighted by molar-refractivity contribution is 5.71. The van der Waals surface area contributed by atoms with Crippen molar-refractivity contribution in [2.24, 2.45) is 0 Å². The van der Waals surface area contributed by atoms with Crippen LogP contribution in [0.1, 0.15) is 290 Å². The molecule has 0 spiro atoms. The van der Waals surface area contributed by atoms with Crippen molar-refractivity contribution in [2.45, 2.75) is 297 Å². The molecular weight excluding hydrogens is 925 g/mol. The summed E-state index contributed by atoms with van der Waals surface area (Å²) >= 11 is 0. The molecule has 0 saturated heterocycles. The van der Waals surface area contributed by atoms with Gasteiger partial charge in [-0.2, -0.15) is 0 Å². The Labute approximate surface area is 463 Å². The quantitative estimate of drug-likeness (QED) is 0.0261. The molecule has 1 atom stereocenters. The molecule has 0 aromatic rings. The van der Waals surface area contributed by atoms with Gasteiger partial charge in [0.15, 0.2) is 6.10 Å². The molecule has 0 fully saturated rings. The highest BCUT2D eigenvalue weighted by atomic mass is 16.6. The van der Waals surface area contributed by atoms with Crippen LogP contribution in [0.4, 0.5) is 0 Å². The fraction of sp³-hybridized carbons (Fsp3) is 0.696. The fourth-order valence-electron chi connectivity index (χ4n) is 8.53. The molecule has 0 amide bonds. The molecule has 428 valence electrons. The molecule has 0 saturated carbocycles. The molecule has 0 aromatic heterocycles. The number of carbonyl (C=O) groups is 3. The maximum Gasteiger partial charge on any atom is 0.306 e. The van der Waals surface area contributed by atoms with Gasteiger partial charge >= 0.3 is 17.9 Å². The Morgan fingerprint density at radius 1 is 0.280 bits per heavy atom. The number of carbonyl (C=O) groups excluding carboxylic acids is 3. The molecule has 6 nitrogen and oxygen atoms in total. The number of hydrogen-bond acceptors (Lipinski definition) is 6. The number of rotatable bonds is 56. The molecule has 0 aliphatic heterocycles. The van der Waals surface area contributed by atoms with E-state index < -0.39 is 6.10 Å². The van der Waals surface area contributed by atoms with E-state index in [1.54, 1.807) is 0 Å². The van der Waals surface area contributed by atoms with Gasteiger partial charge in [-0.15, -0.1) is 0 Å². The zero-order chi connectivity index (χ0) is 54.3. The van der Waals surface area contributed by atoms with Crippen molar-refractivity contribution in [3.63, 3.8) is 0 Å². The maximum atomic E-state index is 12.9. The van der Waals surface area contributed by atoms with Crippen molar-refractivity contribution in [2.75, 3.05) is 13.2 Å². The maximum absolute atomic E-state index is 12.9. The van der Waals surface area contributed by atoms with Gasteiger partial charge in [0.05, 0.1) is 0 Å². The van der Waals surface area contributed by atoms with Crippen molar-refractivity contribution < 1.29 is 28.6 Å². The van der Waals surface area contributed by atoms with Crippen molar-refractivity contribution in [1.82, 2.24) is 0 Å². The molecule has 0 heterocycles. The first-order valence-corrected chi connectivity index (χ1v) is 31.4. The van der Waals surface area contributed by atoms with E-state index in [1.807, 2.05) is 0 Å². The molecule has 0 aliphatic carbocycles. The first-order valence-electron chi connectivity index (χ1n) is 31.4. The van der Waals surface area contributed by atoms with Crippen LogP contribution in [-0.4, -0.2) is 37.2 Å². The number of unbranched alkanes of at least 4 members (excludes halogenated alkanes) is 27. The lowest BCUT2D eigenvalue weighted by Crippen LogP contribution is -2.30. The first kappa shape index (κ1) is 71.1. The lowest BCUT2D eigenvalue weighted by molar-refractivity contribution is -0.167. The normalized spacial score (nSPS) is 12.8. The molecule has 0 aliphatic rings. The van der Waals surface area contributed by atoms with E-state index in [0.29, 0.717) is 19.3 Å². The number of esters is 3. The number of allylic oxidation sites excluding steroid dienone is 18. The highest BCUT2D eigenvalue weighted by Gasteiger charge is 2.19. The van der Waals surface area contributed by atoms with Gasteiger partial charge in [-0.25, -0.2) is 0 Å². The van der Waals surface area contributed by atoms with Crippen LogP contribution in [0, 0.1) is 0 Å². The third-order valence-corrected chi connectivity index (χ3v) is 13.2. The fourth-order valence-corrected chi connectivity index (χ4v) is 8.53. The Morgan fingerprint density at radius 3 is 0.840 bits per heavy atom. The Morgan fingerprint density at radius 2 is 0.520 bits per heavy atom. The topological polar surface area (TPSA) is 78.9 Å². The van der Waals surface area contributed by atoms with Crippen LogP contribution < -0.4 is 0 Å². The summed E-state index contributed by atoms with van der Waals surface area (Å²) < 4.78 is 16.9. The third kappa shape index (κ3) is 60.8. The Balaban J connectivity index is 4.46. The van der Waals surface area contributed by atoms with Gasteiger partial charge < -0.3 is 14.2 Å². The minimum atomic E-state index is -0.799. The van der Waals surface area contributed by atoms with Gasteiger partial charge in [0, 0.05) is 19.3 Å². The van der Waals surface area contributed by atoms with Crippen molar-refractivity contribution in [3.8, 4) is 0 Å². The van der Waals surface area contributed by atoms with Gasteiger partial charge in [-0.1, -0.05) is 252 Å². The second-order valence-electron chi connectivity index (χ2n) is 20.6. The molecular formula is C69H116O6. The van der Waals surface area contributed by atoms with Crippen LogP contribution in [-0.2, 0) is 28.6 Å². The standard InChI is InChI=1S/C69H116O6/c1-4-7-10-13-16-19-22-25-28-31-33-34-36-38-41-44-47-50-53-56-59-62-68(71)74-65-66(64-73-67(70)61-58-55-52-49-46-43-40-37-30-27-24-21-18-15-12-9-6-3)75-69(72)63-60-57-54-51-48-45-42-39-35-32-29-26-23-20-17-14-11-8-5-2/h9,12,17-18,20-22,25-27,29-31,33,35-36,38-39,66H,4-8,10-11,13-16,19,23-24,28,32,34,37,40-65H2,1-3H3/b12-9-,20-17-,21-18-,25-22-,29-26-,30-27-,33-31-,38-36-,39-35-. The molecule has 75 heavy (non-hydrogen) atoms. The Hall–Kier alpha value is -3.93. The molecule has 0 rings (SSSR count). The first-order chi connectivity index (χ1) is 37.0. The van der Waals surface area contributed by atoms with Crippen LogP contribution in [0.5, 0.6) is 0 Å². The number of ether oxygens (including phenoxy) is 3. The van der Waals surface area contributed by atoms with Crippen LogP contribution in [0.15, 0.2) is 109 Å². The van der Waals surface area contributed by atoms with E-state index in [2.05, 4.69) is 130 Å². The summed E-state index contributed by atoms with van der Waals surface area (Å²) in [6.45, 7) is 6.48. The van der Waals surface area contributed by atoms with Crippen molar-refractivity contribution in [3.05, 3.63) is 109 Å². The predicted octanol–water partition coefficient (Wildman–Crippen LogP) is 21.4. The lowest BCUT2D eigenvalue weighted by atomic mass is 10.1.